The smallest absolute Gasteiger partial charge is 0.308 e. The summed E-state index contributed by atoms with van der Waals surface area (Å²) in [5.74, 6) is -2.04. The van der Waals surface area contributed by atoms with Crippen molar-refractivity contribution < 1.29 is 23.1 Å². The van der Waals surface area contributed by atoms with Crippen LogP contribution in [-0.2, 0) is 19.6 Å². The van der Waals surface area contributed by atoms with Gasteiger partial charge in [-0.05, 0) is 48.9 Å². The number of aryl methyl sites for hydroxylation is 1. The third-order valence-electron chi connectivity index (χ3n) is 4.20. The molecule has 136 valence electrons. The fourth-order valence-electron chi connectivity index (χ4n) is 2.85. The van der Waals surface area contributed by atoms with Gasteiger partial charge < -0.3 is 10.0 Å². The SMILES string of the molecule is Cc1cccc(NS(=O)(=O)c2ccc(N3CC(C(=O)O)CC3=O)cc2)c1. The predicted octanol–water partition coefficient (Wildman–Crippen LogP) is 2.23. The van der Waals surface area contributed by atoms with Gasteiger partial charge in [0.25, 0.3) is 10.0 Å². The molecule has 0 radical (unpaired) electrons. The summed E-state index contributed by atoms with van der Waals surface area (Å²) >= 11 is 0. The molecule has 0 aliphatic carbocycles. The zero-order chi connectivity index (χ0) is 18.9. The lowest BCUT2D eigenvalue weighted by Crippen LogP contribution is -2.25. The van der Waals surface area contributed by atoms with Crippen molar-refractivity contribution in [2.24, 2.45) is 5.92 Å². The highest BCUT2D eigenvalue weighted by Gasteiger charge is 2.35. The molecule has 1 aliphatic rings. The Kier molecular flexibility index (Phi) is 4.69. The molecule has 2 N–H and O–H groups in total. The molecule has 1 fully saturated rings. The van der Waals surface area contributed by atoms with Gasteiger partial charge in [0.1, 0.15) is 0 Å². The highest BCUT2D eigenvalue weighted by Crippen LogP contribution is 2.27. The highest BCUT2D eigenvalue weighted by atomic mass is 32.2. The minimum Gasteiger partial charge on any atom is -0.481 e. The van der Waals surface area contributed by atoms with Crippen LogP contribution in [0.1, 0.15) is 12.0 Å². The van der Waals surface area contributed by atoms with E-state index in [-0.39, 0.29) is 23.8 Å². The number of carboxylic acid groups (broad SMARTS) is 1. The van der Waals surface area contributed by atoms with Crippen LogP contribution in [-0.4, -0.2) is 31.9 Å². The Morgan fingerprint density at radius 2 is 1.88 bits per heavy atom. The summed E-state index contributed by atoms with van der Waals surface area (Å²) in [5.41, 5.74) is 1.88. The molecule has 1 aliphatic heterocycles. The van der Waals surface area contributed by atoms with Gasteiger partial charge in [0, 0.05) is 24.3 Å². The average molecular weight is 374 g/mol. The largest absolute Gasteiger partial charge is 0.481 e. The van der Waals surface area contributed by atoms with Crippen LogP contribution >= 0.6 is 0 Å². The summed E-state index contributed by atoms with van der Waals surface area (Å²) in [6, 6.07) is 12.8. The lowest BCUT2D eigenvalue weighted by Gasteiger charge is -2.16. The zero-order valence-corrected chi connectivity index (χ0v) is 14.9. The topological polar surface area (TPSA) is 104 Å². The summed E-state index contributed by atoms with van der Waals surface area (Å²) in [6.45, 7) is 1.95. The van der Waals surface area contributed by atoms with E-state index in [2.05, 4.69) is 4.72 Å². The maximum absolute atomic E-state index is 12.5. The molecule has 26 heavy (non-hydrogen) atoms. The molecule has 2 aromatic rings. The number of amides is 1. The minimum atomic E-state index is -3.76. The van der Waals surface area contributed by atoms with E-state index in [1.807, 2.05) is 13.0 Å². The number of rotatable bonds is 5. The van der Waals surface area contributed by atoms with Crippen molar-refractivity contribution in [2.75, 3.05) is 16.2 Å². The van der Waals surface area contributed by atoms with E-state index < -0.39 is 21.9 Å². The number of carbonyl (C=O) groups is 2. The fraction of sp³-hybridized carbons (Fsp3) is 0.222. The minimum absolute atomic E-state index is 0.0513. The quantitative estimate of drug-likeness (QED) is 0.835. The van der Waals surface area contributed by atoms with Crippen molar-refractivity contribution in [3.8, 4) is 0 Å². The Bertz CT molecular complexity index is 954. The van der Waals surface area contributed by atoms with Gasteiger partial charge in [-0.3, -0.25) is 14.3 Å². The Morgan fingerprint density at radius 1 is 1.19 bits per heavy atom. The molecule has 3 rings (SSSR count). The van der Waals surface area contributed by atoms with Gasteiger partial charge in [-0.15, -0.1) is 0 Å². The van der Waals surface area contributed by atoms with Crippen LogP contribution in [0.25, 0.3) is 0 Å². The van der Waals surface area contributed by atoms with Crippen molar-refractivity contribution in [1.82, 2.24) is 0 Å². The van der Waals surface area contributed by atoms with Crippen molar-refractivity contribution in [3.05, 3.63) is 54.1 Å². The van der Waals surface area contributed by atoms with Gasteiger partial charge in [0.15, 0.2) is 0 Å². The lowest BCUT2D eigenvalue weighted by atomic mass is 10.1. The number of benzene rings is 2. The molecular weight excluding hydrogens is 356 g/mol. The summed E-state index contributed by atoms with van der Waals surface area (Å²) in [6.07, 6.45) is -0.0513. The van der Waals surface area contributed by atoms with Crippen LogP contribution in [0.3, 0.4) is 0 Å². The molecule has 1 saturated heterocycles. The van der Waals surface area contributed by atoms with Gasteiger partial charge in [-0.25, -0.2) is 8.42 Å². The van der Waals surface area contributed by atoms with Gasteiger partial charge >= 0.3 is 5.97 Å². The number of sulfonamides is 1. The number of aliphatic carboxylic acids is 1. The van der Waals surface area contributed by atoms with Crippen LogP contribution < -0.4 is 9.62 Å². The van der Waals surface area contributed by atoms with E-state index in [4.69, 9.17) is 5.11 Å². The highest BCUT2D eigenvalue weighted by molar-refractivity contribution is 7.92. The Hall–Kier alpha value is -2.87. The van der Waals surface area contributed by atoms with Crippen LogP contribution in [0.5, 0.6) is 0 Å². The van der Waals surface area contributed by atoms with Gasteiger partial charge in [-0.1, -0.05) is 12.1 Å². The number of hydrogen-bond acceptors (Lipinski definition) is 4. The van der Waals surface area contributed by atoms with Crippen LogP contribution in [0.4, 0.5) is 11.4 Å². The third-order valence-corrected chi connectivity index (χ3v) is 5.60. The Labute approximate surface area is 151 Å². The molecule has 1 heterocycles. The van der Waals surface area contributed by atoms with Crippen molar-refractivity contribution in [1.29, 1.82) is 0 Å². The van der Waals surface area contributed by atoms with Gasteiger partial charge in [-0.2, -0.15) is 0 Å². The van der Waals surface area contributed by atoms with E-state index >= 15 is 0 Å². The zero-order valence-electron chi connectivity index (χ0n) is 14.0. The first-order chi connectivity index (χ1) is 12.3. The van der Waals surface area contributed by atoms with Crippen molar-refractivity contribution >= 4 is 33.3 Å². The van der Waals surface area contributed by atoms with E-state index in [1.54, 1.807) is 18.2 Å². The monoisotopic (exact) mass is 374 g/mol. The summed E-state index contributed by atoms with van der Waals surface area (Å²) in [5, 5.41) is 9.04. The molecule has 0 aromatic heterocycles. The Balaban J connectivity index is 1.79. The number of carboxylic acids is 1. The normalized spacial score (nSPS) is 17.3. The van der Waals surface area contributed by atoms with Crippen LogP contribution in [0.2, 0.25) is 0 Å². The third kappa shape index (κ3) is 3.70. The maximum Gasteiger partial charge on any atom is 0.308 e. The summed E-state index contributed by atoms with van der Waals surface area (Å²) in [7, 11) is -3.76. The van der Waals surface area contributed by atoms with Gasteiger partial charge in [0.05, 0.1) is 10.8 Å². The maximum atomic E-state index is 12.5. The molecule has 8 heteroatoms. The molecule has 7 nitrogen and oxygen atoms in total. The number of nitrogens with zero attached hydrogens (tertiary/aromatic N) is 1. The number of hydrogen-bond donors (Lipinski definition) is 2. The molecule has 1 atom stereocenters. The first kappa shape index (κ1) is 17.9. The number of anilines is 2. The standard InChI is InChI=1S/C18H18N2O5S/c1-12-3-2-4-14(9-12)19-26(24,25)16-7-5-15(6-8-16)20-11-13(18(22)23)10-17(20)21/h2-9,13,19H,10-11H2,1H3,(H,22,23). The number of carbonyl (C=O) groups excluding carboxylic acids is 1. The van der Waals surface area contributed by atoms with E-state index in [1.165, 1.54) is 29.2 Å². The van der Waals surface area contributed by atoms with Gasteiger partial charge in [0.2, 0.25) is 5.91 Å². The first-order valence-electron chi connectivity index (χ1n) is 7.99. The molecule has 0 spiro atoms. The van der Waals surface area contributed by atoms with E-state index in [0.29, 0.717) is 11.4 Å². The second-order valence-electron chi connectivity index (χ2n) is 6.21. The van der Waals surface area contributed by atoms with E-state index in [9.17, 15) is 18.0 Å². The molecule has 2 aromatic carbocycles. The number of nitrogens with one attached hydrogen (secondary N) is 1. The fourth-order valence-corrected chi connectivity index (χ4v) is 3.90. The average Bonchev–Trinajstić information content (AvgIpc) is 2.97. The van der Waals surface area contributed by atoms with Crippen molar-refractivity contribution in [2.45, 2.75) is 18.2 Å². The first-order valence-corrected chi connectivity index (χ1v) is 9.47. The van der Waals surface area contributed by atoms with E-state index in [0.717, 1.165) is 5.56 Å². The van der Waals surface area contributed by atoms with Crippen LogP contribution in [0.15, 0.2) is 53.4 Å². The molecule has 0 saturated carbocycles. The predicted molar refractivity (Wildman–Crippen MR) is 96.5 cm³/mol. The molecule has 0 bridgehead atoms. The molecule has 1 unspecified atom stereocenters. The lowest BCUT2D eigenvalue weighted by molar-refractivity contribution is -0.141. The van der Waals surface area contributed by atoms with Crippen molar-refractivity contribution in [3.63, 3.8) is 0 Å². The molecular formula is C18H18N2O5S. The van der Waals surface area contributed by atoms with Crippen LogP contribution in [0, 0.1) is 12.8 Å². The summed E-state index contributed by atoms with van der Waals surface area (Å²) in [4.78, 5) is 24.4. The second kappa shape index (κ2) is 6.80. The molecule has 1 amide bonds. The Morgan fingerprint density at radius 3 is 2.46 bits per heavy atom. The summed E-state index contributed by atoms with van der Waals surface area (Å²) < 4.78 is 27.5. The second-order valence-corrected chi connectivity index (χ2v) is 7.89.